The van der Waals surface area contributed by atoms with E-state index >= 15 is 0 Å². The van der Waals surface area contributed by atoms with E-state index in [4.69, 9.17) is 0 Å². The van der Waals surface area contributed by atoms with E-state index in [0.717, 1.165) is 17.3 Å². The number of hydrogen-bond acceptors (Lipinski definition) is 2. The van der Waals surface area contributed by atoms with Crippen LogP contribution in [0.4, 0.5) is 4.39 Å². The molecule has 1 fully saturated rings. The average Bonchev–Trinajstić information content (AvgIpc) is 3.18. The van der Waals surface area contributed by atoms with Crippen molar-refractivity contribution in [3.05, 3.63) is 34.1 Å². The Bertz CT molecular complexity index is 463. The first-order valence-electron chi connectivity index (χ1n) is 6.54. The quantitative estimate of drug-likeness (QED) is 0.788. The summed E-state index contributed by atoms with van der Waals surface area (Å²) < 4.78 is 14.4. The van der Waals surface area contributed by atoms with Gasteiger partial charge in [0.1, 0.15) is 5.82 Å². The van der Waals surface area contributed by atoms with E-state index in [1.54, 1.807) is 6.07 Å². The Hall–Kier alpha value is -0.940. The van der Waals surface area contributed by atoms with Crippen LogP contribution in [-0.4, -0.2) is 19.0 Å². The van der Waals surface area contributed by atoms with E-state index in [0.29, 0.717) is 18.7 Å². The first kappa shape index (κ1) is 14.5. The Morgan fingerprint density at radius 2 is 2.21 bits per heavy atom. The van der Waals surface area contributed by atoms with Gasteiger partial charge in [-0.25, -0.2) is 4.39 Å². The van der Waals surface area contributed by atoms with Crippen molar-refractivity contribution in [2.75, 3.05) is 13.1 Å². The first-order valence-corrected chi connectivity index (χ1v) is 7.33. The van der Waals surface area contributed by atoms with Crippen LogP contribution in [0.2, 0.25) is 0 Å². The van der Waals surface area contributed by atoms with E-state index in [-0.39, 0.29) is 23.7 Å². The summed E-state index contributed by atoms with van der Waals surface area (Å²) in [4.78, 5) is 11.4. The molecule has 0 heterocycles. The van der Waals surface area contributed by atoms with Crippen molar-refractivity contribution in [3.8, 4) is 0 Å². The highest BCUT2D eigenvalue weighted by molar-refractivity contribution is 9.10. The standard InChI is InChI=1S/C14H18BrFN2O/c1-9(12-5-4-11(15)8-13(12)16)17-6-7-18-14(19)10-2-3-10/h4-5,8-10,17H,2-3,6-7H2,1H3,(H,18,19)/t9-/m1/s1. The Balaban J connectivity index is 1.74. The molecule has 0 radical (unpaired) electrons. The number of carbonyl (C=O) groups excluding carboxylic acids is 1. The van der Waals surface area contributed by atoms with Crippen molar-refractivity contribution in [1.82, 2.24) is 10.6 Å². The van der Waals surface area contributed by atoms with Crippen molar-refractivity contribution < 1.29 is 9.18 Å². The summed E-state index contributed by atoms with van der Waals surface area (Å²) in [6.07, 6.45) is 2.03. The lowest BCUT2D eigenvalue weighted by Gasteiger charge is -2.15. The van der Waals surface area contributed by atoms with Gasteiger partial charge in [0, 0.05) is 35.1 Å². The van der Waals surface area contributed by atoms with Gasteiger partial charge in [0.15, 0.2) is 0 Å². The van der Waals surface area contributed by atoms with E-state index in [1.807, 2.05) is 13.0 Å². The van der Waals surface area contributed by atoms with Gasteiger partial charge in [0.05, 0.1) is 0 Å². The molecule has 1 aliphatic rings. The number of carbonyl (C=O) groups is 1. The van der Waals surface area contributed by atoms with Crippen LogP contribution in [0.1, 0.15) is 31.4 Å². The van der Waals surface area contributed by atoms with Crippen molar-refractivity contribution >= 4 is 21.8 Å². The highest BCUT2D eigenvalue weighted by atomic mass is 79.9. The SMILES string of the molecule is C[C@@H](NCCNC(=O)C1CC1)c1ccc(Br)cc1F. The molecular formula is C14H18BrFN2O. The fourth-order valence-corrected chi connectivity index (χ4v) is 2.26. The third-order valence-electron chi connectivity index (χ3n) is 3.25. The Kier molecular flexibility index (Phi) is 4.93. The first-order chi connectivity index (χ1) is 9.08. The zero-order valence-electron chi connectivity index (χ0n) is 10.9. The minimum atomic E-state index is -0.226. The topological polar surface area (TPSA) is 41.1 Å². The maximum atomic E-state index is 13.7. The summed E-state index contributed by atoms with van der Waals surface area (Å²) in [5.41, 5.74) is 0.636. The minimum Gasteiger partial charge on any atom is -0.355 e. The van der Waals surface area contributed by atoms with Gasteiger partial charge in [-0.15, -0.1) is 0 Å². The second-order valence-corrected chi connectivity index (χ2v) is 5.82. The van der Waals surface area contributed by atoms with Gasteiger partial charge in [0.25, 0.3) is 0 Å². The number of hydrogen-bond donors (Lipinski definition) is 2. The largest absolute Gasteiger partial charge is 0.355 e. The third kappa shape index (κ3) is 4.28. The zero-order chi connectivity index (χ0) is 13.8. The molecule has 0 spiro atoms. The summed E-state index contributed by atoms with van der Waals surface area (Å²) in [5, 5.41) is 6.08. The summed E-state index contributed by atoms with van der Waals surface area (Å²) >= 11 is 3.24. The van der Waals surface area contributed by atoms with E-state index in [1.165, 1.54) is 6.07 Å². The fourth-order valence-electron chi connectivity index (χ4n) is 1.93. The van der Waals surface area contributed by atoms with Gasteiger partial charge >= 0.3 is 0 Å². The molecule has 2 N–H and O–H groups in total. The minimum absolute atomic E-state index is 0.0778. The Morgan fingerprint density at radius 1 is 1.47 bits per heavy atom. The molecule has 0 unspecified atom stereocenters. The highest BCUT2D eigenvalue weighted by Gasteiger charge is 2.28. The van der Waals surface area contributed by atoms with E-state index in [2.05, 4.69) is 26.6 Å². The van der Waals surface area contributed by atoms with Gasteiger partial charge in [-0.05, 0) is 31.9 Å². The second kappa shape index (κ2) is 6.48. The van der Waals surface area contributed by atoms with Gasteiger partial charge in [-0.2, -0.15) is 0 Å². The normalized spacial score (nSPS) is 16.2. The summed E-state index contributed by atoms with van der Waals surface area (Å²) in [7, 11) is 0. The van der Waals surface area contributed by atoms with Crippen LogP contribution < -0.4 is 10.6 Å². The molecule has 2 rings (SSSR count). The van der Waals surface area contributed by atoms with E-state index < -0.39 is 0 Å². The summed E-state index contributed by atoms with van der Waals surface area (Å²) in [5.74, 6) is 0.155. The molecule has 0 saturated heterocycles. The zero-order valence-corrected chi connectivity index (χ0v) is 12.5. The summed E-state index contributed by atoms with van der Waals surface area (Å²) in [6, 6.07) is 4.97. The van der Waals surface area contributed by atoms with E-state index in [9.17, 15) is 9.18 Å². The molecule has 0 bridgehead atoms. The predicted octanol–water partition coefficient (Wildman–Crippen LogP) is 2.77. The van der Waals surface area contributed by atoms with Crippen LogP contribution >= 0.6 is 15.9 Å². The van der Waals surface area contributed by atoms with Crippen LogP contribution in [0, 0.1) is 11.7 Å². The molecule has 19 heavy (non-hydrogen) atoms. The van der Waals surface area contributed by atoms with Gasteiger partial charge < -0.3 is 10.6 Å². The van der Waals surface area contributed by atoms with Crippen LogP contribution in [0.25, 0.3) is 0 Å². The molecule has 1 amide bonds. The second-order valence-electron chi connectivity index (χ2n) is 4.91. The molecule has 1 atom stereocenters. The van der Waals surface area contributed by atoms with Gasteiger partial charge in [0.2, 0.25) is 5.91 Å². The monoisotopic (exact) mass is 328 g/mol. The lowest BCUT2D eigenvalue weighted by Crippen LogP contribution is -2.33. The van der Waals surface area contributed by atoms with Crippen LogP contribution in [0.5, 0.6) is 0 Å². The molecule has 3 nitrogen and oxygen atoms in total. The molecule has 1 aliphatic carbocycles. The molecule has 0 aromatic heterocycles. The molecule has 1 aromatic carbocycles. The van der Waals surface area contributed by atoms with Crippen molar-refractivity contribution in [2.45, 2.75) is 25.8 Å². The third-order valence-corrected chi connectivity index (χ3v) is 3.75. The number of benzene rings is 1. The fraction of sp³-hybridized carbons (Fsp3) is 0.500. The summed E-state index contributed by atoms with van der Waals surface area (Å²) in [6.45, 7) is 3.13. The van der Waals surface area contributed by atoms with Crippen molar-refractivity contribution in [2.24, 2.45) is 5.92 Å². The smallest absolute Gasteiger partial charge is 0.223 e. The van der Waals surface area contributed by atoms with Crippen LogP contribution in [0.3, 0.4) is 0 Å². The lowest BCUT2D eigenvalue weighted by atomic mass is 10.1. The molecule has 0 aliphatic heterocycles. The Morgan fingerprint density at radius 3 is 2.84 bits per heavy atom. The molecule has 104 valence electrons. The number of rotatable bonds is 6. The van der Waals surface area contributed by atoms with Crippen molar-refractivity contribution in [1.29, 1.82) is 0 Å². The lowest BCUT2D eigenvalue weighted by molar-refractivity contribution is -0.122. The maximum absolute atomic E-state index is 13.7. The highest BCUT2D eigenvalue weighted by Crippen LogP contribution is 2.28. The molecule has 1 aromatic rings. The van der Waals surface area contributed by atoms with Gasteiger partial charge in [-0.3, -0.25) is 4.79 Å². The number of amides is 1. The van der Waals surface area contributed by atoms with Crippen molar-refractivity contribution in [3.63, 3.8) is 0 Å². The van der Waals surface area contributed by atoms with Crippen LogP contribution in [0.15, 0.2) is 22.7 Å². The Labute approximate surface area is 121 Å². The number of halogens is 2. The number of nitrogens with one attached hydrogen (secondary N) is 2. The maximum Gasteiger partial charge on any atom is 0.223 e. The van der Waals surface area contributed by atoms with Gasteiger partial charge in [-0.1, -0.05) is 22.0 Å². The molecule has 1 saturated carbocycles. The molecule has 5 heteroatoms. The molecular weight excluding hydrogens is 311 g/mol. The average molecular weight is 329 g/mol. The van der Waals surface area contributed by atoms with Crippen LogP contribution in [-0.2, 0) is 4.79 Å². The predicted molar refractivity (Wildman–Crippen MR) is 76.3 cm³/mol.